The van der Waals surface area contributed by atoms with Crippen LogP contribution >= 0.6 is 0 Å². The van der Waals surface area contributed by atoms with Gasteiger partial charge in [-0.2, -0.15) is 5.48 Å². The van der Waals surface area contributed by atoms with Gasteiger partial charge in [-0.15, -0.1) is 0 Å². The minimum atomic E-state index is -0.459. The average Bonchev–Trinajstić information content (AvgIpc) is 2.52. The van der Waals surface area contributed by atoms with Gasteiger partial charge in [0.2, 0.25) is 5.91 Å². The van der Waals surface area contributed by atoms with E-state index in [4.69, 9.17) is 10.6 Å². The van der Waals surface area contributed by atoms with Crippen molar-refractivity contribution in [3.05, 3.63) is 35.4 Å². The molecule has 0 heterocycles. The first-order valence-electron chi connectivity index (χ1n) is 6.01. The number of hydrogen-bond acceptors (Lipinski definition) is 3. The zero-order valence-corrected chi connectivity index (χ0v) is 9.82. The maximum atomic E-state index is 10.6. The van der Waals surface area contributed by atoms with Crippen molar-refractivity contribution in [1.29, 1.82) is 0 Å². The van der Waals surface area contributed by atoms with Crippen LogP contribution < -0.4 is 11.2 Å². The highest BCUT2D eigenvalue weighted by Gasteiger charge is 2.18. The number of hydrogen-bond donors (Lipinski definition) is 2. The lowest BCUT2D eigenvalue weighted by Crippen LogP contribution is -2.28. The van der Waals surface area contributed by atoms with E-state index in [0.29, 0.717) is 0 Å². The molecule has 1 amide bonds. The largest absolute Gasteiger partial charge is 0.368 e. The Balaban J connectivity index is 2.04. The lowest BCUT2D eigenvalue weighted by atomic mass is 10.00. The Bertz CT molecular complexity index is 393. The molecule has 1 aromatic carbocycles. The van der Waals surface area contributed by atoms with Gasteiger partial charge >= 0.3 is 0 Å². The van der Waals surface area contributed by atoms with Gasteiger partial charge in [-0.25, -0.2) is 0 Å². The van der Waals surface area contributed by atoms with Crippen LogP contribution in [0.25, 0.3) is 0 Å². The second-order valence-corrected chi connectivity index (χ2v) is 4.37. The molecule has 4 nitrogen and oxygen atoms in total. The number of nitrogens with one attached hydrogen (secondary N) is 1. The van der Waals surface area contributed by atoms with Crippen molar-refractivity contribution in [3.8, 4) is 0 Å². The van der Waals surface area contributed by atoms with E-state index in [1.807, 2.05) is 6.07 Å². The molecule has 0 aliphatic heterocycles. The van der Waals surface area contributed by atoms with E-state index in [1.165, 1.54) is 17.5 Å². The summed E-state index contributed by atoms with van der Waals surface area (Å²) in [6.45, 7) is -0.0847. The van der Waals surface area contributed by atoms with Crippen molar-refractivity contribution < 1.29 is 9.63 Å². The molecule has 0 fully saturated rings. The summed E-state index contributed by atoms with van der Waals surface area (Å²) < 4.78 is 0. The van der Waals surface area contributed by atoms with Crippen LogP contribution in [0.4, 0.5) is 0 Å². The Hall–Kier alpha value is -1.39. The molecule has 3 N–H and O–H groups in total. The fraction of sp³-hybridized carbons (Fsp3) is 0.462. The summed E-state index contributed by atoms with van der Waals surface area (Å²) in [5.41, 5.74) is 10.6. The zero-order valence-electron chi connectivity index (χ0n) is 9.82. The molecule has 1 aromatic rings. The summed E-state index contributed by atoms with van der Waals surface area (Å²) in [6, 6.07) is 8.53. The molecular formula is C13H18N2O2. The predicted molar refractivity (Wildman–Crippen MR) is 65.0 cm³/mol. The van der Waals surface area contributed by atoms with Gasteiger partial charge in [0.05, 0.1) is 6.04 Å². The van der Waals surface area contributed by atoms with E-state index in [9.17, 15) is 4.79 Å². The monoisotopic (exact) mass is 234 g/mol. The molecule has 2 rings (SSSR count). The van der Waals surface area contributed by atoms with Gasteiger partial charge in [-0.05, 0) is 30.4 Å². The quantitative estimate of drug-likeness (QED) is 0.612. The van der Waals surface area contributed by atoms with Crippen molar-refractivity contribution in [2.75, 3.05) is 6.61 Å². The number of nitrogens with two attached hydrogens (primary N) is 1. The Labute approximate surface area is 101 Å². The fourth-order valence-electron chi connectivity index (χ4n) is 2.26. The molecule has 0 radical (unpaired) electrons. The molecule has 4 heteroatoms. The first kappa shape index (κ1) is 12.1. The third-order valence-electron chi connectivity index (χ3n) is 3.06. The Morgan fingerprint density at radius 1 is 1.41 bits per heavy atom. The Kier molecular flexibility index (Phi) is 4.12. The molecular weight excluding hydrogens is 216 g/mol. The molecule has 0 saturated carbocycles. The third kappa shape index (κ3) is 3.28. The maximum Gasteiger partial charge on any atom is 0.245 e. The predicted octanol–water partition coefficient (Wildman–Crippen LogP) is 1.46. The summed E-state index contributed by atoms with van der Waals surface area (Å²) in [5, 5.41) is 0. The van der Waals surface area contributed by atoms with Crippen LogP contribution in [0.5, 0.6) is 0 Å². The van der Waals surface area contributed by atoms with E-state index in [1.54, 1.807) is 0 Å². The first-order valence-corrected chi connectivity index (χ1v) is 6.01. The first-order chi connectivity index (χ1) is 8.27. The molecule has 1 unspecified atom stereocenters. The van der Waals surface area contributed by atoms with E-state index in [2.05, 4.69) is 23.7 Å². The lowest BCUT2D eigenvalue weighted by molar-refractivity contribution is -0.126. The van der Waals surface area contributed by atoms with Gasteiger partial charge in [-0.3, -0.25) is 9.63 Å². The molecule has 0 saturated heterocycles. The molecule has 1 aliphatic rings. The summed E-state index contributed by atoms with van der Waals surface area (Å²) in [7, 11) is 0. The average molecular weight is 234 g/mol. The van der Waals surface area contributed by atoms with Gasteiger partial charge in [0.25, 0.3) is 0 Å². The molecule has 0 bridgehead atoms. The third-order valence-corrected chi connectivity index (χ3v) is 3.06. The number of primary amides is 1. The highest BCUT2D eigenvalue weighted by molar-refractivity contribution is 5.74. The van der Waals surface area contributed by atoms with E-state index < -0.39 is 5.91 Å². The van der Waals surface area contributed by atoms with Crippen molar-refractivity contribution in [3.63, 3.8) is 0 Å². The van der Waals surface area contributed by atoms with Crippen molar-refractivity contribution >= 4 is 5.91 Å². The van der Waals surface area contributed by atoms with Crippen LogP contribution in [0, 0.1) is 0 Å². The van der Waals surface area contributed by atoms with Crippen molar-refractivity contribution in [1.82, 2.24) is 5.48 Å². The number of benzene rings is 1. The summed E-state index contributed by atoms with van der Waals surface area (Å²) >= 11 is 0. The zero-order chi connectivity index (χ0) is 12.1. The summed E-state index contributed by atoms with van der Waals surface area (Å²) in [6.07, 6.45) is 4.50. The summed E-state index contributed by atoms with van der Waals surface area (Å²) in [5.74, 6) is -0.459. The van der Waals surface area contributed by atoms with Crippen LogP contribution in [-0.4, -0.2) is 12.5 Å². The number of hydroxylamine groups is 1. The second kappa shape index (κ2) is 5.80. The highest BCUT2D eigenvalue weighted by atomic mass is 16.6. The molecule has 0 spiro atoms. The number of carbonyl (C=O) groups excluding carboxylic acids is 1. The van der Waals surface area contributed by atoms with Crippen LogP contribution in [0.1, 0.15) is 36.4 Å². The number of carbonyl (C=O) groups is 1. The van der Waals surface area contributed by atoms with Gasteiger partial charge in [0.15, 0.2) is 0 Å². The fourth-order valence-corrected chi connectivity index (χ4v) is 2.26. The SMILES string of the molecule is NC(=O)CONC1CCCCc2ccccc21. The minimum Gasteiger partial charge on any atom is -0.368 e. The van der Waals surface area contributed by atoms with Crippen LogP contribution in [0.2, 0.25) is 0 Å². The summed E-state index contributed by atoms with van der Waals surface area (Å²) in [4.78, 5) is 15.7. The second-order valence-electron chi connectivity index (χ2n) is 4.37. The number of aryl methyl sites for hydroxylation is 1. The standard InChI is InChI=1S/C13H18N2O2/c14-13(16)9-17-15-12-8-4-2-6-10-5-1-3-7-11(10)12/h1,3,5,7,12,15H,2,4,6,8-9H2,(H2,14,16). The van der Waals surface area contributed by atoms with Gasteiger partial charge < -0.3 is 5.73 Å². The van der Waals surface area contributed by atoms with Crippen molar-refractivity contribution in [2.45, 2.75) is 31.7 Å². The van der Waals surface area contributed by atoms with Crippen LogP contribution in [0.3, 0.4) is 0 Å². The molecule has 0 aromatic heterocycles. The van der Waals surface area contributed by atoms with E-state index >= 15 is 0 Å². The maximum absolute atomic E-state index is 10.6. The van der Waals surface area contributed by atoms with E-state index in [-0.39, 0.29) is 12.6 Å². The smallest absolute Gasteiger partial charge is 0.245 e. The normalized spacial score (nSPS) is 19.4. The van der Waals surface area contributed by atoms with Gasteiger partial charge in [0.1, 0.15) is 6.61 Å². The molecule has 17 heavy (non-hydrogen) atoms. The number of amides is 1. The molecule has 1 aliphatic carbocycles. The highest BCUT2D eigenvalue weighted by Crippen LogP contribution is 2.28. The molecule has 1 atom stereocenters. The Morgan fingerprint density at radius 3 is 3.06 bits per heavy atom. The minimum absolute atomic E-state index is 0.0847. The van der Waals surface area contributed by atoms with Crippen LogP contribution in [0.15, 0.2) is 24.3 Å². The van der Waals surface area contributed by atoms with Gasteiger partial charge in [-0.1, -0.05) is 30.7 Å². The Morgan fingerprint density at radius 2 is 2.24 bits per heavy atom. The number of fused-ring (bicyclic) bond motifs is 1. The molecule has 92 valence electrons. The van der Waals surface area contributed by atoms with Gasteiger partial charge in [0, 0.05) is 0 Å². The van der Waals surface area contributed by atoms with Crippen molar-refractivity contribution in [2.24, 2.45) is 5.73 Å². The topological polar surface area (TPSA) is 64.4 Å². The lowest BCUT2D eigenvalue weighted by Gasteiger charge is -2.18. The van der Waals surface area contributed by atoms with Crippen LogP contribution in [-0.2, 0) is 16.1 Å². The van der Waals surface area contributed by atoms with E-state index in [0.717, 1.165) is 19.3 Å². The number of rotatable bonds is 4.